The number of nitrogens with zero attached hydrogens (tertiary/aromatic N) is 1. The van der Waals surface area contributed by atoms with Gasteiger partial charge in [-0.2, -0.15) is 0 Å². The Hall–Kier alpha value is -0.530. The summed E-state index contributed by atoms with van der Waals surface area (Å²) in [6.45, 7) is 6.38. The molecule has 2 fully saturated rings. The van der Waals surface area contributed by atoms with Gasteiger partial charge in [-0.15, -0.1) is 0 Å². The van der Waals surface area contributed by atoms with Crippen molar-refractivity contribution in [2.75, 3.05) is 13.1 Å². The van der Waals surface area contributed by atoms with Crippen molar-refractivity contribution in [2.24, 2.45) is 11.3 Å². The molecule has 1 heterocycles. The zero-order valence-corrected chi connectivity index (χ0v) is 8.68. The molecule has 1 aliphatic heterocycles. The standard InChI is InChI=1S/C11H19NO/c1-9(2)11(5-6-11)10(13)12-7-3-4-8-12/h9H,3-8H2,1-2H3. The first-order valence-corrected chi connectivity index (χ1v) is 5.46. The van der Waals surface area contributed by atoms with Crippen LogP contribution in [0.4, 0.5) is 0 Å². The Morgan fingerprint density at radius 3 is 2.15 bits per heavy atom. The molecule has 1 amide bonds. The van der Waals surface area contributed by atoms with Crippen LogP contribution in [-0.2, 0) is 4.79 Å². The summed E-state index contributed by atoms with van der Waals surface area (Å²) >= 11 is 0. The number of rotatable bonds is 2. The van der Waals surface area contributed by atoms with Crippen molar-refractivity contribution in [1.29, 1.82) is 0 Å². The molecule has 2 nitrogen and oxygen atoms in total. The fourth-order valence-corrected chi connectivity index (χ4v) is 2.41. The second-order valence-corrected chi connectivity index (χ2v) is 4.81. The lowest BCUT2D eigenvalue weighted by Gasteiger charge is -2.25. The summed E-state index contributed by atoms with van der Waals surface area (Å²) < 4.78 is 0. The van der Waals surface area contributed by atoms with Crippen LogP contribution in [0.15, 0.2) is 0 Å². The Bertz CT molecular complexity index is 212. The third-order valence-corrected chi connectivity index (χ3v) is 3.71. The number of carbonyl (C=O) groups excluding carboxylic acids is 1. The van der Waals surface area contributed by atoms with E-state index in [4.69, 9.17) is 0 Å². The first-order chi connectivity index (χ1) is 6.17. The van der Waals surface area contributed by atoms with Gasteiger partial charge in [0.2, 0.25) is 5.91 Å². The van der Waals surface area contributed by atoms with Gasteiger partial charge in [0.1, 0.15) is 0 Å². The van der Waals surface area contributed by atoms with Crippen LogP contribution in [-0.4, -0.2) is 23.9 Å². The lowest BCUT2D eigenvalue weighted by atomic mass is 9.91. The van der Waals surface area contributed by atoms with Gasteiger partial charge >= 0.3 is 0 Å². The van der Waals surface area contributed by atoms with E-state index in [0.717, 1.165) is 25.9 Å². The van der Waals surface area contributed by atoms with Crippen molar-refractivity contribution in [2.45, 2.75) is 39.5 Å². The summed E-state index contributed by atoms with van der Waals surface area (Å²) in [5.41, 5.74) is 0.0599. The van der Waals surface area contributed by atoms with E-state index in [1.807, 2.05) is 0 Å². The van der Waals surface area contributed by atoms with E-state index in [1.54, 1.807) is 0 Å². The molecule has 0 unspecified atom stereocenters. The third kappa shape index (κ3) is 1.36. The van der Waals surface area contributed by atoms with E-state index < -0.39 is 0 Å². The third-order valence-electron chi connectivity index (χ3n) is 3.71. The van der Waals surface area contributed by atoms with Crippen molar-refractivity contribution in [3.63, 3.8) is 0 Å². The quantitative estimate of drug-likeness (QED) is 0.638. The number of amides is 1. The normalized spacial score (nSPS) is 25.3. The van der Waals surface area contributed by atoms with E-state index in [9.17, 15) is 4.79 Å². The molecule has 0 atom stereocenters. The minimum Gasteiger partial charge on any atom is -0.342 e. The number of hydrogen-bond donors (Lipinski definition) is 0. The van der Waals surface area contributed by atoms with Crippen molar-refractivity contribution < 1.29 is 4.79 Å². The second kappa shape index (κ2) is 3.00. The summed E-state index contributed by atoms with van der Waals surface area (Å²) in [6, 6.07) is 0. The maximum absolute atomic E-state index is 12.1. The fourth-order valence-electron chi connectivity index (χ4n) is 2.41. The van der Waals surface area contributed by atoms with Crippen LogP contribution in [0.5, 0.6) is 0 Å². The van der Waals surface area contributed by atoms with Gasteiger partial charge in [0.15, 0.2) is 0 Å². The minimum absolute atomic E-state index is 0.0599. The van der Waals surface area contributed by atoms with Gasteiger partial charge in [-0.05, 0) is 31.6 Å². The van der Waals surface area contributed by atoms with Crippen LogP contribution in [0.2, 0.25) is 0 Å². The molecule has 0 aromatic heterocycles. The molecule has 0 N–H and O–H groups in total. The van der Waals surface area contributed by atoms with Crippen LogP contribution < -0.4 is 0 Å². The summed E-state index contributed by atoms with van der Waals surface area (Å²) in [4.78, 5) is 14.2. The molecule has 0 aromatic carbocycles. The fraction of sp³-hybridized carbons (Fsp3) is 0.909. The molecule has 1 saturated heterocycles. The average Bonchev–Trinajstić information content (AvgIpc) is 2.74. The zero-order valence-electron chi connectivity index (χ0n) is 8.68. The molecule has 74 valence electrons. The smallest absolute Gasteiger partial charge is 0.229 e. The van der Waals surface area contributed by atoms with Gasteiger partial charge in [-0.25, -0.2) is 0 Å². The van der Waals surface area contributed by atoms with Crippen molar-refractivity contribution in [3.05, 3.63) is 0 Å². The van der Waals surface area contributed by atoms with Crippen LogP contribution in [0.1, 0.15) is 39.5 Å². The molecule has 1 saturated carbocycles. The molecule has 2 aliphatic rings. The molecular weight excluding hydrogens is 162 g/mol. The second-order valence-electron chi connectivity index (χ2n) is 4.81. The summed E-state index contributed by atoms with van der Waals surface area (Å²) in [6.07, 6.45) is 4.67. The lowest BCUT2D eigenvalue weighted by molar-refractivity contribution is -0.137. The van der Waals surface area contributed by atoms with E-state index in [2.05, 4.69) is 18.7 Å². The van der Waals surface area contributed by atoms with Crippen LogP contribution in [0, 0.1) is 11.3 Å². The van der Waals surface area contributed by atoms with Crippen LogP contribution in [0.3, 0.4) is 0 Å². The lowest BCUT2D eigenvalue weighted by Crippen LogP contribution is -2.37. The van der Waals surface area contributed by atoms with Gasteiger partial charge in [-0.3, -0.25) is 4.79 Å². The van der Waals surface area contributed by atoms with Crippen LogP contribution >= 0.6 is 0 Å². The van der Waals surface area contributed by atoms with Crippen molar-refractivity contribution in [1.82, 2.24) is 4.90 Å². The molecule has 0 aromatic rings. The Morgan fingerprint density at radius 1 is 1.23 bits per heavy atom. The monoisotopic (exact) mass is 181 g/mol. The van der Waals surface area contributed by atoms with Crippen molar-refractivity contribution in [3.8, 4) is 0 Å². The molecular formula is C11H19NO. The maximum Gasteiger partial charge on any atom is 0.229 e. The summed E-state index contributed by atoms with van der Waals surface area (Å²) in [5, 5.41) is 0. The number of hydrogen-bond acceptors (Lipinski definition) is 1. The predicted molar refractivity (Wildman–Crippen MR) is 52.3 cm³/mol. The topological polar surface area (TPSA) is 20.3 Å². The minimum atomic E-state index is 0.0599. The zero-order chi connectivity index (χ0) is 9.47. The maximum atomic E-state index is 12.1. The first kappa shape index (κ1) is 9.04. The Kier molecular flexibility index (Phi) is 2.09. The Morgan fingerprint density at radius 2 is 1.77 bits per heavy atom. The molecule has 2 rings (SSSR count). The SMILES string of the molecule is CC(C)C1(C(=O)N2CCCC2)CC1. The average molecular weight is 181 g/mol. The molecule has 0 spiro atoms. The highest BCUT2D eigenvalue weighted by molar-refractivity contribution is 5.85. The number of carbonyl (C=O) groups is 1. The van der Waals surface area contributed by atoms with Crippen molar-refractivity contribution >= 4 is 5.91 Å². The first-order valence-electron chi connectivity index (χ1n) is 5.46. The van der Waals surface area contributed by atoms with Gasteiger partial charge in [0.05, 0.1) is 5.41 Å². The van der Waals surface area contributed by atoms with Gasteiger partial charge < -0.3 is 4.90 Å². The van der Waals surface area contributed by atoms with E-state index in [-0.39, 0.29) is 5.41 Å². The van der Waals surface area contributed by atoms with Crippen LogP contribution in [0.25, 0.3) is 0 Å². The van der Waals surface area contributed by atoms with E-state index in [1.165, 1.54) is 12.8 Å². The Labute approximate surface area is 80.3 Å². The van der Waals surface area contributed by atoms with Gasteiger partial charge in [0, 0.05) is 13.1 Å². The van der Waals surface area contributed by atoms with E-state index in [0.29, 0.717) is 11.8 Å². The highest BCUT2D eigenvalue weighted by Crippen LogP contribution is 2.53. The van der Waals surface area contributed by atoms with E-state index >= 15 is 0 Å². The molecule has 1 aliphatic carbocycles. The highest BCUT2D eigenvalue weighted by Gasteiger charge is 2.53. The molecule has 0 bridgehead atoms. The van der Waals surface area contributed by atoms with Gasteiger partial charge in [-0.1, -0.05) is 13.8 Å². The Balaban J connectivity index is 2.03. The number of likely N-dealkylation sites (tertiary alicyclic amines) is 1. The summed E-state index contributed by atoms with van der Waals surface area (Å²) in [5.74, 6) is 0.973. The van der Waals surface area contributed by atoms with Gasteiger partial charge in [0.25, 0.3) is 0 Å². The summed E-state index contributed by atoms with van der Waals surface area (Å²) in [7, 11) is 0. The predicted octanol–water partition coefficient (Wildman–Crippen LogP) is 2.04. The molecule has 13 heavy (non-hydrogen) atoms. The molecule has 0 radical (unpaired) electrons. The largest absolute Gasteiger partial charge is 0.342 e. The molecule has 2 heteroatoms. The highest BCUT2D eigenvalue weighted by atomic mass is 16.2.